The number of nitrogens with one attached hydrogen (secondary N) is 1. The predicted molar refractivity (Wildman–Crippen MR) is 124 cm³/mol. The first kappa shape index (κ1) is 23.4. The van der Waals surface area contributed by atoms with E-state index >= 15 is 0 Å². The molecule has 1 saturated carbocycles. The van der Waals surface area contributed by atoms with Gasteiger partial charge >= 0.3 is 5.97 Å². The van der Waals surface area contributed by atoms with E-state index in [2.05, 4.69) is 5.32 Å². The summed E-state index contributed by atoms with van der Waals surface area (Å²) < 4.78 is 45.8. The van der Waals surface area contributed by atoms with Crippen LogP contribution in [0.2, 0.25) is 0 Å². The van der Waals surface area contributed by atoms with Gasteiger partial charge in [-0.3, -0.25) is 9.10 Å². The molecule has 7 nitrogen and oxygen atoms in total. The van der Waals surface area contributed by atoms with Gasteiger partial charge in [-0.25, -0.2) is 17.6 Å². The average molecular weight is 483 g/mol. The summed E-state index contributed by atoms with van der Waals surface area (Å²) in [7, 11) is -2.40. The Bertz CT molecular complexity index is 1280. The third kappa shape index (κ3) is 5.26. The van der Waals surface area contributed by atoms with Crippen LogP contribution in [0.15, 0.2) is 83.8 Å². The molecule has 1 aliphatic carbocycles. The van der Waals surface area contributed by atoms with Crippen LogP contribution in [-0.2, 0) is 19.6 Å². The molecular weight excluding hydrogens is 459 g/mol. The van der Waals surface area contributed by atoms with Crippen LogP contribution in [0.5, 0.6) is 0 Å². The zero-order valence-electron chi connectivity index (χ0n) is 18.3. The Kier molecular flexibility index (Phi) is 6.65. The van der Waals surface area contributed by atoms with Crippen LogP contribution in [-0.4, -0.2) is 33.4 Å². The van der Waals surface area contributed by atoms with Crippen molar-refractivity contribution in [3.05, 3.63) is 95.8 Å². The topological polar surface area (TPSA) is 92.8 Å². The Hall–Kier alpha value is -3.72. The molecule has 9 heteroatoms. The molecule has 176 valence electrons. The maximum absolute atomic E-state index is 13.3. The number of hydrogen-bond donors (Lipinski definition) is 1. The maximum atomic E-state index is 13.3. The van der Waals surface area contributed by atoms with Crippen LogP contribution in [0.25, 0.3) is 0 Å². The van der Waals surface area contributed by atoms with Crippen LogP contribution in [0.1, 0.15) is 34.9 Å². The quantitative estimate of drug-likeness (QED) is 0.493. The number of benzene rings is 3. The second-order valence-corrected chi connectivity index (χ2v) is 9.92. The molecule has 0 bridgehead atoms. The van der Waals surface area contributed by atoms with Gasteiger partial charge in [0.05, 0.1) is 16.1 Å². The zero-order valence-corrected chi connectivity index (χ0v) is 19.2. The van der Waals surface area contributed by atoms with Crippen molar-refractivity contribution in [2.24, 2.45) is 0 Å². The monoisotopic (exact) mass is 482 g/mol. The van der Waals surface area contributed by atoms with Gasteiger partial charge in [-0.1, -0.05) is 30.3 Å². The lowest BCUT2D eigenvalue weighted by molar-refractivity contribution is -0.130. The van der Waals surface area contributed by atoms with Crippen molar-refractivity contribution in [3.8, 4) is 0 Å². The van der Waals surface area contributed by atoms with Crippen molar-refractivity contribution in [1.29, 1.82) is 0 Å². The lowest BCUT2D eigenvalue weighted by Crippen LogP contribution is -2.33. The highest BCUT2D eigenvalue weighted by molar-refractivity contribution is 7.92. The molecule has 0 aliphatic heterocycles. The molecule has 1 amide bonds. The van der Waals surface area contributed by atoms with Gasteiger partial charge in [-0.05, 0) is 61.4 Å². The zero-order chi connectivity index (χ0) is 24.3. The molecule has 1 N–H and O–H groups in total. The fourth-order valence-electron chi connectivity index (χ4n) is 3.29. The van der Waals surface area contributed by atoms with E-state index in [1.165, 1.54) is 55.6 Å². The van der Waals surface area contributed by atoms with E-state index in [4.69, 9.17) is 4.74 Å². The summed E-state index contributed by atoms with van der Waals surface area (Å²) in [6.07, 6.45) is 0.438. The Balaban J connectivity index is 1.52. The van der Waals surface area contributed by atoms with Gasteiger partial charge in [-0.2, -0.15) is 0 Å². The molecule has 3 aromatic carbocycles. The summed E-state index contributed by atoms with van der Waals surface area (Å²) >= 11 is 0. The van der Waals surface area contributed by atoms with Gasteiger partial charge in [0.2, 0.25) is 6.10 Å². The van der Waals surface area contributed by atoms with Gasteiger partial charge in [-0.15, -0.1) is 0 Å². The van der Waals surface area contributed by atoms with E-state index in [0.29, 0.717) is 11.3 Å². The Morgan fingerprint density at radius 1 is 0.971 bits per heavy atom. The minimum absolute atomic E-state index is 0.00281. The molecule has 0 heterocycles. The summed E-state index contributed by atoms with van der Waals surface area (Å²) in [6.45, 7) is 0. The third-order valence-corrected chi connectivity index (χ3v) is 7.23. The number of amides is 1. The number of nitrogens with zero attached hydrogens (tertiary/aromatic N) is 1. The molecule has 3 aromatic rings. The van der Waals surface area contributed by atoms with Crippen LogP contribution in [0.3, 0.4) is 0 Å². The van der Waals surface area contributed by atoms with Crippen molar-refractivity contribution in [2.45, 2.75) is 29.9 Å². The fraction of sp³-hybridized carbons (Fsp3) is 0.200. The van der Waals surface area contributed by atoms with Crippen molar-refractivity contribution >= 4 is 27.6 Å². The molecule has 1 unspecified atom stereocenters. The molecule has 1 fully saturated rings. The largest absolute Gasteiger partial charge is 0.444 e. The van der Waals surface area contributed by atoms with E-state index < -0.39 is 33.8 Å². The minimum Gasteiger partial charge on any atom is -0.444 e. The highest BCUT2D eigenvalue weighted by atomic mass is 32.2. The summed E-state index contributed by atoms with van der Waals surface area (Å²) in [5.41, 5.74) is 0.902. The Morgan fingerprint density at radius 2 is 1.59 bits per heavy atom. The molecule has 0 aromatic heterocycles. The van der Waals surface area contributed by atoms with Crippen LogP contribution >= 0.6 is 0 Å². The van der Waals surface area contributed by atoms with Gasteiger partial charge < -0.3 is 10.1 Å². The van der Waals surface area contributed by atoms with Gasteiger partial charge in [0, 0.05) is 18.7 Å². The number of ether oxygens (including phenoxy) is 1. The van der Waals surface area contributed by atoms with Gasteiger partial charge in [0.25, 0.3) is 15.9 Å². The SMILES string of the molecule is CN(c1ccccc1)S(=O)(=O)c1ccc(C(=O)OC(C(=O)NC2CC2)c2ccc(F)cc2)cc1. The molecule has 1 aliphatic rings. The van der Waals surface area contributed by atoms with E-state index in [-0.39, 0.29) is 16.5 Å². The number of hydrogen-bond acceptors (Lipinski definition) is 5. The molecule has 0 saturated heterocycles. The number of carbonyl (C=O) groups is 2. The Labute approximate surface area is 197 Å². The number of rotatable bonds is 8. The summed E-state index contributed by atoms with van der Waals surface area (Å²) in [4.78, 5) is 25.5. The minimum atomic E-state index is -3.84. The number of anilines is 1. The average Bonchev–Trinajstić information content (AvgIpc) is 3.67. The summed E-state index contributed by atoms with van der Waals surface area (Å²) in [5.74, 6) is -1.78. The number of esters is 1. The molecular formula is C25H23FN2O5S. The molecule has 4 rings (SSSR count). The number of para-hydroxylation sites is 1. The molecule has 34 heavy (non-hydrogen) atoms. The summed E-state index contributed by atoms with van der Waals surface area (Å²) in [6, 6.07) is 19.0. The number of halogens is 1. The first-order valence-corrected chi connectivity index (χ1v) is 12.1. The Morgan fingerprint density at radius 3 is 2.18 bits per heavy atom. The van der Waals surface area contributed by atoms with E-state index in [1.54, 1.807) is 30.3 Å². The van der Waals surface area contributed by atoms with E-state index in [0.717, 1.165) is 17.1 Å². The van der Waals surface area contributed by atoms with Crippen molar-refractivity contribution in [2.75, 3.05) is 11.4 Å². The fourth-order valence-corrected chi connectivity index (χ4v) is 4.48. The second-order valence-electron chi connectivity index (χ2n) is 7.95. The normalized spacial score (nSPS) is 14.2. The highest BCUT2D eigenvalue weighted by Crippen LogP contribution is 2.26. The first-order chi connectivity index (χ1) is 16.3. The molecule has 1 atom stereocenters. The van der Waals surface area contributed by atoms with Crippen molar-refractivity contribution < 1.29 is 27.1 Å². The van der Waals surface area contributed by atoms with Crippen LogP contribution in [0, 0.1) is 5.82 Å². The second kappa shape index (κ2) is 9.64. The van der Waals surface area contributed by atoms with Crippen molar-refractivity contribution in [3.63, 3.8) is 0 Å². The van der Waals surface area contributed by atoms with Gasteiger partial charge in [0.15, 0.2) is 0 Å². The maximum Gasteiger partial charge on any atom is 0.339 e. The van der Waals surface area contributed by atoms with E-state index in [9.17, 15) is 22.4 Å². The molecule has 0 spiro atoms. The van der Waals surface area contributed by atoms with Gasteiger partial charge in [0.1, 0.15) is 5.82 Å². The van der Waals surface area contributed by atoms with E-state index in [1.807, 2.05) is 0 Å². The highest BCUT2D eigenvalue weighted by Gasteiger charge is 2.31. The predicted octanol–water partition coefficient (Wildman–Crippen LogP) is 3.83. The lowest BCUT2D eigenvalue weighted by atomic mass is 10.1. The molecule has 0 radical (unpaired) electrons. The first-order valence-electron chi connectivity index (χ1n) is 10.7. The smallest absolute Gasteiger partial charge is 0.339 e. The van der Waals surface area contributed by atoms with Crippen LogP contribution < -0.4 is 9.62 Å². The number of carbonyl (C=O) groups excluding carboxylic acids is 2. The number of sulfonamides is 1. The third-order valence-electron chi connectivity index (χ3n) is 5.43. The lowest BCUT2D eigenvalue weighted by Gasteiger charge is -2.20. The van der Waals surface area contributed by atoms with Crippen molar-refractivity contribution in [1.82, 2.24) is 5.32 Å². The van der Waals surface area contributed by atoms with Crippen LogP contribution in [0.4, 0.5) is 10.1 Å². The summed E-state index contributed by atoms with van der Waals surface area (Å²) in [5, 5.41) is 2.79. The standard InChI is InChI=1S/C25H23FN2O5S/c1-28(21-5-3-2-4-6-21)34(31,32)22-15-9-18(10-16-22)25(30)33-23(24(29)27-20-13-14-20)17-7-11-19(26)12-8-17/h2-12,15-16,20,23H,13-14H2,1H3,(H,27,29).